The molecule has 0 fully saturated rings. The summed E-state index contributed by atoms with van der Waals surface area (Å²) in [7, 11) is 0. The van der Waals surface area contributed by atoms with E-state index in [1.54, 1.807) is 6.07 Å². The van der Waals surface area contributed by atoms with E-state index in [-0.39, 0.29) is 36.6 Å². The van der Waals surface area contributed by atoms with Gasteiger partial charge in [-0.15, -0.1) is 0 Å². The van der Waals surface area contributed by atoms with Crippen molar-refractivity contribution >= 4 is 33.6 Å². The molecule has 4 N–H and O–H groups in total. The third-order valence-electron chi connectivity index (χ3n) is 2.79. The molecule has 0 saturated carbocycles. The van der Waals surface area contributed by atoms with E-state index in [2.05, 4.69) is 31.5 Å². The normalized spacial score (nSPS) is 11.8. The molecular formula is C13H19BrN4O2. The molecule has 0 aliphatic heterocycles. The topological polar surface area (TPSA) is 97.1 Å². The van der Waals surface area contributed by atoms with E-state index in [0.717, 1.165) is 6.42 Å². The van der Waals surface area contributed by atoms with Gasteiger partial charge in [-0.2, -0.15) is 0 Å². The summed E-state index contributed by atoms with van der Waals surface area (Å²) in [6.45, 7) is 4.19. The van der Waals surface area contributed by atoms with E-state index in [4.69, 9.17) is 5.73 Å². The Morgan fingerprint density at radius 2 is 2.20 bits per heavy atom. The van der Waals surface area contributed by atoms with Crippen LogP contribution in [0.1, 0.15) is 37.0 Å². The lowest BCUT2D eigenvalue weighted by Crippen LogP contribution is -2.35. The van der Waals surface area contributed by atoms with Crippen LogP contribution in [0.2, 0.25) is 0 Å². The summed E-state index contributed by atoms with van der Waals surface area (Å²) in [6.07, 6.45) is 2.63. The number of carbonyl (C=O) groups is 2. The van der Waals surface area contributed by atoms with Gasteiger partial charge in [-0.3, -0.25) is 9.59 Å². The molecule has 7 heteroatoms. The second-order valence-electron chi connectivity index (χ2n) is 4.47. The van der Waals surface area contributed by atoms with Crippen LogP contribution in [0.3, 0.4) is 0 Å². The Kier molecular flexibility index (Phi) is 6.44. The van der Waals surface area contributed by atoms with E-state index >= 15 is 0 Å². The van der Waals surface area contributed by atoms with E-state index in [1.165, 1.54) is 6.20 Å². The third-order valence-corrected chi connectivity index (χ3v) is 3.22. The van der Waals surface area contributed by atoms with Gasteiger partial charge < -0.3 is 16.4 Å². The summed E-state index contributed by atoms with van der Waals surface area (Å²) in [4.78, 5) is 27.3. The molecule has 0 aliphatic carbocycles. The number of pyridine rings is 1. The molecule has 1 aromatic heterocycles. The number of carbonyl (C=O) groups excluding carboxylic acids is 2. The molecule has 2 amide bonds. The third kappa shape index (κ3) is 5.16. The molecule has 0 radical (unpaired) electrons. The van der Waals surface area contributed by atoms with Crippen molar-refractivity contribution in [3.05, 3.63) is 22.3 Å². The Hall–Kier alpha value is -1.63. The van der Waals surface area contributed by atoms with Crippen LogP contribution in [0, 0.1) is 0 Å². The Morgan fingerprint density at radius 1 is 1.50 bits per heavy atom. The lowest BCUT2D eigenvalue weighted by molar-refractivity contribution is -0.121. The first kappa shape index (κ1) is 16.4. The van der Waals surface area contributed by atoms with Crippen LogP contribution in [-0.2, 0) is 4.79 Å². The molecule has 1 atom stereocenters. The maximum Gasteiger partial charge on any atom is 0.255 e. The molecule has 110 valence electrons. The summed E-state index contributed by atoms with van der Waals surface area (Å²) < 4.78 is 0.673. The van der Waals surface area contributed by atoms with Crippen LogP contribution in [0.15, 0.2) is 16.7 Å². The maximum absolute atomic E-state index is 11.9. The van der Waals surface area contributed by atoms with E-state index in [9.17, 15) is 9.59 Å². The van der Waals surface area contributed by atoms with Gasteiger partial charge in [-0.1, -0.05) is 6.92 Å². The standard InChI is InChI=1S/C13H19BrN4O2/c1-3-8(2)18-11(19)4-5-16-13(20)10-6-9(14)7-17-12(10)15/h6-8H,3-5H2,1-2H3,(H2,15,17)(H,16,20)(H,18,19). The molecule has 1 heterocycles. The maximum atomic E-state index is 11.9. The van der Waals surface area contributed by atoms with Crippen molar-refractivity contribution in [3.63, 3.8) is 0 Å². The van der Waals surface area contributed by atoms with Gasteiger partial charge in [0.05, 0.1) is 5.56 Å². The predicted octanol–water partition coefficient (Wildman–Crippen LogP) is 1.46. The predicted molar refractivity (Wildman–Crippen MR) is 81.2 cm³/mol. The first-order valence-corrected chi connectivity index (χ1v) is 7.22. The fourth-order valence-corrected chi connectivity index (χ4v) is 1.80. The summed E-state index contributed by atoms with van der Waals surface area (Å²) in [5.41, 5.74) is 5.93. The fraction of sp³-hybridized carbons (Fsp3) is 0.462. The Labute approximate surface area is 126 Å². The van der Waals surface area contributed by atoms with Crippen molar-refractivity contribution < 1.29 is 9.59 Å². The number of nitrogen functional groups attached to an aromatic ring is 1. The van der Waals surface area contributed by atoms with Crippen LogP contribution in [0.5, 0.6) is 0 Å². The molecular weight excluding hydrogens is 324 g/mol. The summed E-state index contributed by atoms with van der Waals surface area (Å²) in [5, 5.41) is 5.48. The summed E-state index contributed by atoms with van der Waals surface area (Å²) >= 11 is 3.23. The molecule has 0 saturated heterocycles. The Bertz CT molecular complexity index is 493. The zero-order valence-corrected chi connectivity index (χ0v) is 13.2. The highest BCUT2D eigenvalue weighted by molar-refractivity contribution is 9.10. The number of amides is 2. The number of aromatic nitrogens is 1. The molecule has 1 rings (SSSR count). The molecule has 0 spiro atoms. The Balaban J connectivity index is 2.44. The van der Waals surface area contributed by atoms with E-state index in [0.29, 0.717) is 10.0 Å². The monoisotopic (exact) mass is 342 g/mol. The number of anilines is 1. The molecule has 1 aromatic rings. The molecule has 0 aliphatic rings. The number of halogens is 1. The molecule has 0 aromatic carbocycles. The van der Waals surface area contributed by atoms with Crippen molar-refractivity contribution in [2.45, 2.75) is 32.7 Å². The average Bonchev–Trinajstić information content (AvgIpc) is 2.41. The zero-order chi connectivity index (χ0) is 15.1. The SMILES string of the molecule is CCC(C)NC(=O)CCNC(=O)c1cc(Br)cnc1N. The zero-order valence-electron chi connectivity index (χ0n) is 11.6. The smallest absolute Gasteiger partial charge is 0.255 e. The van der Waals surface area contributed by atoms with Crippen LogP contribution in [-0.4, -0.2) is 29.4 Å². The number of hydrogen-bond donors (Lipinski definition) is 3. The quantitative estimate of drug-likeness (QED) is 0.728. The largest absolute Gasteiger partial charge is 0.383 e. The minimum absolute atomic E-state index is 0.0833. The van der Waals surface area contributed by atoms with Crippen molar-refractivity contribution in [1.82, 2.24) is 15.6 Å². The van der Waals surface area contributed by atoms with Crippen LogP contribution >= 0.6 is 15.9 Å². The molecule has 1 unspecified atom stereocenters. The number of rotatable bonds is 6. The summed E-state index contributed by atoms with van der Waals surface area (Å²) in [5.74, 6) is -0.262. The van der Waals surface area contributed by atoms with Gasteiger partial charge in [0.15, 0.2) is 0 Å². The van der Waals surface area contributed by atoms with Crippen LogP contribution < -0.4 is 16.4 Å². The Morgan fingerprint density at radius 3 is 2.85 bits per heavy atom. The van der Waals surface area contributed by atoms with Crippen LogP contribution in [0.4, 0.5) is 5.82 Å². The van der Waals surface area contributed by atoms with Gasteiger partial charge in [0.2, 0.25) is 5.91 Å². The summed E-state index contributed by atoms with van der Waals surface area (Å²) in [6, 6.07) is 1.74. The first-order valence-electron chi connectivity index (χ1n) is 6.42. The number of nitrogens with two attached hydrogens (primary N) is 1. The highest BCUT2D eigenvalue weighted by Crippen LogP contribution is 2.15. The number of nitrogens with one attached hydrogen (secondary N) is 2. The van der Waals surface area contributed by atoms with Gasteiger partial charge >= 0.3 is 0 Å². The average molecular weight is 343 g/mol. The highest BCUT2D eigenvalue weighted by atomic mass is 79.9. The minimum Gasteiger partial charge on any atom is -0.383 e. The van der Waals surface area contributed by atoms with Gasteiger partial charge in [0.1, 0.15) is 5.82 Å². The molecule has 0 bridgehead atoms. The van der Waals surface area contributed by atoms with E-state index in [1.807, 2.05) is 13.8 Å². The van der Waals surface area contributed by atoms with Gasteiger partial charge in [-0.25, -0.2) is 4.98 Å². The second-order valence-corrected chi connectivity index (χ2v) is 5.38. The minimum atomic E-state index is -0.340. The second kappa shape index (κ2) is 7.84. The van der Waals surface area contributed by atoms with Gasteiger partial charge in [0.25, 0.3) is 5.91 Å². The van der Waals surface area contributed by atoms with Crippen LogP contribution in [0.25, 0.3) is 0 Å². The van der Waals surface area contributed by atoms with Crippen molar-refractivity contribution in [3.8, 4) is 0 Å². The van der Waals surface area contributed by atoms with Crippen molar-refractivity contribution in [2.75, 3.05) is 12.3 Å². The number of hydrogen-bond acceptors (Lipinski definition) is 4. The van der Waals surface area contributed by atoms with E-state index < -0.39 is 0 Å². The molecule has 6 nitrogen and oxygen atoms in total. The fourth-order valence-electron chi connectivity index (χ4n) is 1.47. The highest BCUT2D eigenvalue weighted by Gasteiger charge is 2.12. The van der Waals surface area contributed by atoms with Crippen molar-refractivity contribution in [1.29, 1.82) is 0 Å². The lowest BCUT2D eigenvalue weighted by Gasteiger charge is -2.11. The molecule has 20 heavy (non-hydrogen) atoms. The van der Waals surface area contributed by atoms with Gasteiger partial charge in [0, 0.05) is 29.7 Å². The number of nitrogens with zero attached hydrogens (tertiary/aromatic N) is 1. The first-order chi connectivity index (χ1) is 9.43. The van der Waals surface area contributed by atoms with Gasteiger partial charge in [-0.05, 0) is 35.3 Å². The lowest BCUT2D eigenvalue weighted by atomic mass is 10.2. The van der Waals surface area contributed by atoms with Crippen molar-refractivity contribution in [2.24, 2.45) is 0 Å².